The summed E-state index contributed by atoms with van der Waals surface area (Å²) in [4.78, 5) is 18.1. The van der Waals surface area contributed by atoms with Gasteiger partial charge in [-0.1, -0.05) is 43.0 Å². The van der Waals surface area contributed by atoms with Crippen molar-refractivity contribution in [3.63, 3.8) is 0 Å². The van der Waals surface area contributed by atoms with Crippen molar-refractivity contribution in [3.8, 4) is 22.8 Å². The molecule has 1 N–H and O–H groups in total. The number of benzene rings is 2. The number of carbonyl (C=O) groups is 1. The molecule has 1 fully saturated rings. The molecule has 31 heavy (non-hydrogen) atoms. The first-order valence-corrected chi connectivity index (χ1v) is 9.80. The first-order valence-electron chi connectivity index (χ1n) is 9.80. The number of nitrogens with zero attached hydrogens (tertiary/aromatic N) is 2. The van der Waals surface area contributed by atoms with Crippen LogP contribution in [0, 0.1) is 0 Å². The van der Waals surface area contributed by atoms with E-state index in [-0.39, 0.29) is 18.5 Å². The molecule has 1 aromatic heterocycles. The Morgan fingerprint density at radius 1 is 1.23 bits per heavy atom. The summed E-state index contributed by atoms with van der Waals surface area (Å²) < 4.78 is 11.8. The highest BCUT2D eigenvalue weighted by molar-refractivity contribution is 5.91. The third kappa shape index (κ3) is 4.50. The average molecular weight is 441 g/mol. The molecule has 1 aliphatic rings. The zero-order chi connectivity index (χ0) is 21.3. The molecule has 0 unspecified atom stereocenters. The summed E-state index contributed by atoms with van der Waals surface area (Å²) >= 11 is 0. The monoisotopic (exact) mass is 440 g/mol. The van der Waals surface area contributed by atoms with Crippen molar-refractivity contribution in [2.75, 3.05) is 20.7 Å². The van der Waals surface area contributed by atoms with Crippen LogP contribution in [0.15, 0.2) is 55.1 Å². The second kappa shape index (κ2) is 9.37. The minimum Gasteiger partial charge on any atom is -0.496 e. The number of hydrogen-bond donors (Lipinski definition) is 1. The molecular formula is C24H25ClN2O4. The maximum atomic E-state index is 11.5. The van der Waals surface area contributed by atoms with Gasteiger partial charge in [-0.15, -0.1) is 12.4 Å². The predicted molar refractivity (Wildman–Crippen MR) is 124 cm³/mol. The number of ether oxygens (including phenoxy) is 2. The summed E-state index contributed by atoms with van der Waals surface area (Å²) in [5.74, 6) is 0.536. The fourth-order valence-corrected chi connectivity index (χ4v) is 3.94. The van der Waals surface area contributed by atoms with Crippen molar-refractivity contribution in [2.45, 2.75) is 18.6 Å². The van der Waals surface area contributed by atoms with E-state index in [9.17, 15) is 9.90 Å². The number of aliphatic carboxylic acids is 1. The van der Waals surface area contributed by atoms with E-state index in [0.29, 0.717) is 24.5 Å². The number of likely N-dealkylation sites (tertiary alicyclic amines) is 1. The lowest BCUT2D eigenvalue weighted by molar-refractivity contribution is -0.141. The second-order valence-corrected chi connectivity index (χ2v) is 7.46. The van der Waals surface area contributed by atoms with E-state index in [1.807, 2.05) is 60.5 Å². The standard InChI is InChI=1S/C24H24N2O4.ClH/c1-4-15-10-18-20(13-22(15)29-3)25-19(16-8-6-5-7-9-16)12-23(18)30-17-11-21(24(27)28)26(2)14-17;/h4-10,12-13,17,21H,1,11,14H2,2-3H3,(H,27,28);1H/t17-,21+;/m1./s1. The molecule has 0 saturated carbocycles. The van der Waals surface area contributed by atoms with E-state index in [2.05, 4.69) is 6.58 Å². The highest BCUT2D eigenvalue weighted by Gasteiger charge is 2.36. The molecule has 1 aliphatic heterocycles. The van der Waals surface area contributed by atoms with Gasteiger partial charge < -0.3 is 14.6 Å². The zero-order valence-corrected chi connectivity index (χ0v) is 18.3. The van der Waals surface area contributed by atoms with Crippen molar-refractivity contribution in [1.29, 1.82) is 0 Å². The minimum absolute atomic E-state index is 0. The number of methoxy groups -OCH3 is 1. The van der Waals surface area contributed by atoms with Crippen LogP contribution < -0.4 is 9.47 Å². The second-order valence-electron chi connectivity index (χ2n) is 7.46. The van der Waals surface area contributed by atoms with Gasteiger partial charge in [-0.3, -0.25) is 9.69 Å². The number of pyridine rings is 1. The van der Waals surface area contributed by atoms with Gasteiger partial charge in [0, 0.05) is 41.6 Å². The number of carboxylic acids is 1. The molecule has 4 rings (SSSR count). The van der Waals surface area contributed by atoms with Crippen LogP contribution in [0.25, 0.3) is 28.2 Å². The van der Waals surface area contributed by atoms with Gasteiger partial charge in [-0.2, -0.15) is 0 Å². The smallest absolute Gasteiger partial charge is 0.321 e. The zero-order valence-electron chi connectivity index (χ0n) is 17.4. The number of halogens is 1. The summed E-state index contributed by atoms with van der Waals surface area (Å²) in [6.07, 6.45) is 1.94. The number of aromatic nitrogens is 1. The quantitative estimate of drug-likeness (QED) is 0.608. The number of carboxylic acid groups (broad SMARTS) is 1. The van der Waals surface area contributed by atoms with Gasteiger partial charge in [0.1, 0.15) is 23.6 Å². The number of hydrogen-bond acceptors (Lipinski definition) is 5. The Balaban J connectivity index is 0.00000272. The molecule has 1 saturated heterocycles. The van der Waals surface area contributed by atoms with Gasteiger partial charge in [-0.05, 0) is 13.1 Å². The Morgan fingerprint density at radius 2 is 1.97 bits per heavy atom. The van der Waals surface area contributed by atoms with Crippen molar-refractivity contribution in [3.05, 3.63) is 60.7 Å². The van der Waals surface area contributed by atoms with Gasteiger partial charge in [0.2, 0.25) is 0 Å². The van der Waals surface area contributed by atoms with Crippen molar-refractivity contribution >= 4 is 35.4 Å². The molecule has 7 heteroatoms. The van der Waals surface area contributed by atoms with Gasteiger partial charge >= 0.3 is 5.97 Å². The van der Waals surface area contributed by atoms with E-state index in [1.165, 1.54) is 0 Å². The lowest BCUT2D eigenvalue weighted by atomic mass is 10.1. The number of likely N-dealkylation sites (N-methyl/N-ethyl adjacent to an activating group) is 1. The lowest BCUT2D eigenvalue weighted by Crippen LogP contribution is -2.32. The van der Waals surface area contributed by atoms with Crippen molar-refractivity contribution in [2.24, 2.45) is 0 Å². The van der Waals surface area contributed by atoms with Crippen molar-refractivity contribution < 1.29 is 19.4 Å². The molecule has 3 aromatic rings. The number of fused-ring (bicyclic) bond motifs is 1. The molecule has 0 bridgehead atoms. The van der Waals surface area contributed by atoms with Gasteiger partial charge in [0.15, 0.2) is 0 Å². The summed E-state index contributed by atoms with van der Waals surface area (Å²) in [6.45, 7) is 4.42. The molecule has 162 valence electrons. The van der Waals surface area contributed by atoms with E-state index >= 15 is 0 Å². The van der Waals surface area contributed by atoms with Gasteiger partial charge in [-0.25, -0.2) is 4.98 Å². The molecular weight excluding hydrogens is 416 g/mol. The summed E-state index contributed by atoms with van der Waals surface area (Å²) in [6, 6.07) is 15.1. The SMILES string of the molecule is C=Cc1cc2c(O[C@@H]3C[C@@H](C(=O)O)N(C)C3)cc(-c3ccccc3)nc2cc1OC.Cl. The van der Waals surface area contributed by atoms with Crippen LogP contribution in [0.1, 0.15) is 12.0 Å². The summed E-state index contributed by atoms with van der Waals surface area (Å²) in [5.41, 5.74) is 3.35. The predicted octanol–water partition coefficient (Wildman–Crippen LogP) is 4.51. The average Bonchev–Trinajstić information content (AvgIpc) is 3.13. The first-order chi connectivity index (χ1) is 14.5. The third-order valence-electron chi connectivity index (χ3n) is 5.50. The van der Waals surface area contributed by atoms with Crippen LogP contribution in [0.5, 0.6) is 11.5 Å². The minimum atomic E-state index is -0.827. The Bertz CT molecular complexity index is 1100. The Kier molecular flexibility index (Phi) is 6.83. The summed E-state index contributed by atoms with van der Waals surface area (Å²) in [7, 11) is 3.43. The molecule has 2 heterocycles. The third-order valence-corrected chi connectivity index (χ3v) is 5.50. The van der Waals surface area contributed by atoms with E-state index in [1.54, 1.807) is 13.2 Å². The topological polar surface area (TPSA) is 71.9 Å². The maximum Gasteiger partial charge on any atom is 0.321 e. The highest BCUT2D eigenvalue weighted by Crippen LogP contribution is 2.36. The maximum absolute atomic E-state index is 11.5. The highest BCUT2D eigenvalue weighted by atomic mass is 35.5. The van der Waals surface area contributed by atoms with Crippen LogP contribution in [0.4, 0.5) is 0 Å². The lowest BCUT2D eigenvalue weighted by Gasteiger charge is -2.17. The largest absolute Gasteiger partial charge is 0.496 e. The van der Waals surface area contributed by atoms with Crippen molar-refractivity contribution in [1.82, 2.24) is 9.88 Å². The van der Waals surface area contributed by atoms with Crippen LogP contribution in [0.2, 0.25) is 0 Å². The molecule has 2 aromatic carbocycles. The van der Waals surface area contributed by atoms with Gasteiger partial charge in [0.25, 0.3) is 0 Å². The Morgan fingerprint density at radius 3 is 2.58 bits per heavy atom. The van der Waals surface area contributed by atoms with E-state index in [0.717, 1.165) is 27.7 Å². The normalized spacial score (nSPS) is 18.4. The van der Waals surface area contributed by atoms with Crippen LogP contribution in [0.3, 0.4) is 0 Å². The van der Waals surface area contributed by atoms with Crippen LogP contribution in [-0.4, -0.2) is 53.8 Å². The van der Waals surface area contributed by atoms with Crippen LogP contribution in [-0.2, 0) is 4.79 Å². The van der Waals surface area contributed by atoms with E-state index in [4.69, 9.17) is 14.5 Å². The number of rotatable bonds is 6. The molecule has 0 amide bonds. The van der Waals surface area contributed by atoms with Gasteiger partial charge in [0.05, 0.1) is 18.3 Å². The fourth-order valence-electron chi connectivity index (χ4n) is 3.94. The Hall–Kier alpha value is -3.09. The fraction of sp³-hybridized carbons (Fsp3) is 0.250. The molecule has 0 radical (unpaired) electrons. The molecule has 2 atom stereocenters. The van der Waals surface area contributed by atoms with Crippen LogP contribution >= 0.6 is 12.4 Å². The first kappa shape index (κ1) is 22.6. The van der Waals surface area contributed by atoms with E-state index < -0.39 is 12.0 Å². The molecule has 6 nitrogen and oxygen atoms in total. The molecule has 0 spiro atoms. The molecule has 0 aliphatic carbocycles. The Labute approximate surface area is 187 Å². The summed E-state index contributed by atoms with van der Waals surface area (Å²) in [5, 5.41) is 10.3.